The Morgan fingerprint density at radius 2 is 1.72 bits per heavy atom. The Morgan fingerprint density at radius 3 is 2.49 bits per heavy atom. The number of H-pyrrole nitrogens is 1. The van der Waals surface area contributed by atoms with Gasteiger partial charge in [0.25, 0.3) is 0 Å². The number of aryl methyl sites for hydroxylation is 2. The highest BCUT2D eigenvalue weighted by molar-refractivity contribution is 5.88. The van der Waals surface area contributed by atoms with E-state index in [2.05, 4.69) is 17.2 Å². The number of fused-ring (bicyclic) bond motifs is 1. The number of nitrogens with one attached hydrogen (secondary N) is 2. The van der Waals surface area contributed by atoms with Gasteiger partial charge in [0.2, 0.25) is 5.91 Å². The molecule has 4 aromatic rings. The quantitative estimate of drug-likeness (QED) is 0.210. The number of benzene rings is 3. The normalized spacial score (nSPS) is 12.6. The fourth-order valence-corrected chi connectivity index (χ4v) is 4.80. The average Bonchev–Trinajstić information content (AvgIpc) is 3.40. The highest BCUT2D eigenvalue weighted by Gasteiger charge is 2.29. The van der Waals surface area contributed by atoms with Crippen LogP contribution >= 0.6 is 0 Å². The first kappa shape index (κ1) is 27.9. The van der Waals surface area contributed by atoms with Crippen LogP contribution in [0.5, 0.6) is 11.5 Å². The topological polar surface area (TPSA) is 106 Å². The van der Waals surface area contributed by atoms with Gasteiger partial charge in [-0.05, 0) is 53.8 Å². The molecular formula is C32H37N3O4. The molecule has 7 nitrogen and oxygen atoms in total. The number of Topliss-reactive ketones (excluding diaryl/α,β-unsaturated/α-hetero) is 1. The Balaban J connectivity index is 1.44. The SMILES string of the molecule is CCCc1ccc(OCC(=O)C(CNC(=O)CCc2ccccc2OC)C(N)c2c[nH]c3ccccc23)cc1. The third-order valence-electron chi connectivity index (χ3n) is 7.00. The second-order valence-corrected chi connectivity index (χ2v) is 9.69. The summed E-state index contributed by atoms with van der Waals surface area (Å²) < 4.78 is 11.2. The average molecular weight is 528 g/mol. The zero-order valence-corrected chi connectivity index (χ0v) is 22.6. The minimum atomic E-state index is -0.668. The number of aromatic nitrogens is 1. The maximum Gasteiger partial charge on any atom is 0.220 e. The van der Waals surface area contributed by atoms with Gasteiger partial charge in [-0.1, -0.05) is 61.9 Å². The van der Waals surface area contributed by atoms with Crippen LogP contribution < -0.4 is 20.5 Å². The molecule has 204 valence electrons. The van der Waals surface area contributed by atoms with Crippen LogP contribution in [0.25, 0.3) is 10.9 Å². The molecule has 0 saturated carbocycles. The van der Waals surface area contributed by atoms with E-state index in [4.69, 9.17) is 15.2 Å². The lowest BCUT2D eigenvalue weighted by molar-refractivity contribution is -0.126. The molecular weight excluding hydrogens is 490 g/mol. The summed E-state index contributed by atoms with van der Waals surface area (Å²) in [5, 5.41) is 3.89. The van der Waals surface area contributed by atoms with Crippen molar-refractivity contribution in [1.82, 2.24) is 10.3 Å². The molecule has 0 spiro atoms. The minimum absolute atomic E-state index is 0.114. The Kier molecular flexibility index (Phi) is 9.75. The van der Waals surface area contributed by atoms with Gasteiger partial charge < -0.3 is 25.5 Å². The fourth-order valence-electron chi connectivity index (χ4n) is 4.80. The van der Waals surface area contributed by atoms with Crippen molar-refractivity contribution < 1.29 is 19.1 Å². The molecule has 0 aliphatic carbocycles. The van der Waals surface area contributed by atoms with E-state index in [9.17, 15) is 9.59 Å². The Labute approximate surface area is 229 Å². The molecule has 0 aliphatic heterocycles. The molecule has 3 aromatic carbocycles. The van der Waals surface area contributed by atoms with Crippen molar-refractivity contribution in [2.45, 2.75) is 38.6 Å². The molecule has 0 fully saturated rings. The van der Waals surface area contributed by atoms with E-state index in [1.165, 1.54) is 5.56 Å². The zero-order chi connectivity index (χ0) is 27.6. The molecule has 0 radical (unpaired) electrons. The molecule has 0 aliphatic rings. The number of hydrogen-bond acceptors (Lipinski definition) is 5. The highest BCUT2D eigenvalue weighted by atomic mass is 16.5. The van der Waals surface area contributed by atoms with Crippen LogP contribution in [-0.4, -0.2) is 36.9 Å². The lowest BCUT2D eigenvalue weighted by Crippen LogP contribution is -2.40. The second-order valence-electron chi connectivity index (χ2n) is 9.69. The molecule has 4 N–H and O–H groups in total. The zero-order valence-electron chi connectivity index (χ0n) is 22.6. The number of carbonyl (C=O) groups excluding carboxylic acids is 2. The van der Waals surface area contributed by atoms with Crippen LogP contribution in [0, 0.1) is 5.92 Å². The number of ketones is 1. The highest BCUT2D eigenvalue weighted by Crippen LogP contribution is 2.28. The molecule has 2 unspecified atom stereocenters. The number of aromatic amines is 1. The van der Waals surface area contributed by atoms with Crippen LogP contribution in [0.4, 0.5) is 0 Å². The Bertz CT molecular complexity index is 1380. The van der Waals surface area contributed by atoms with Gasteiger partial charge in [-0.25, -0.2) is 0 Å². The van der Waals surface area contributed by atoms with E-state index in [0.29, 0.717) is 12.2 Å². The summed E-state index contributed by atoms with van der Waals surface area (Å²) in [6.07, 6.45) is 4.70. The standard InChI is InChI=1S/C32H37N3O4/c1-3-8-22-13-16-24(17-14-22)39-21-29(36)27(32(33)26-19-34-28-11-6-5-10-25(26)28)20-35-31(37)18-15-23-9-4-7-12-30(23)38-2/h4-7,9-14,16-17,19,27,32,34H,3,8,15,18,20-21,33H2,1-2H3,(H,35,37). The van der Waals surface area contributed by atoms with E-state index >= 15 is 0 Å². The third kappa shape index (κ3) is 7.27. The number of methoxy groups -OCH3 is 1. The maximum atomic E-state index is 13.5. The van der Waals surface area contributed by atoms with Gasteiger partial charge in [0.05, 0.1) is 13.0 Å². The number of hydrogen-bond donors (Lipinski definition) is 3. The van der Waals surface area contributed by atoms with Crippen molar-refractivity contribution in [3.05, 3.63) is 95.7 Å². The predicted octanol–water partition coefficient (Wildman–Crippen LogP) is 5.14. The van der Waals surface area contributed by atoms with Crippen LogP contribution in [0.2, 0.25) is 0 Å². The van der Waals surface area contributed by atoms with Gasteiger partial charge in [-0.2, -0.15) is 0 Å². The Hall–Kier alpha value is -4.10. The number of carbonyl (C=O) groups is 2. The predicted molar refractivity (Wildman–Crippen MR) is 154 cm³/mol. The first-order valence-corrected chi connectivity index (χ1v) is 13.4. The molecule has 39 heavy (non-hydrogen) atoms. The summed E-state index contributed by atoms with van der Waals surface area (Å²) in [7, 11) is 1.61. The largest absolute Gasteiger partial charge is 0.496 e. The van der Waals surface area contributed by atoms with E-state index in [-0.39, 0.29) is 31.3 Å². The number of rotatable bonds is 14. The van der Waals surface area contributed by atoms with Crippen LogP contribution in [0.15, 0.2) is 79.0 Å². The summed E-state index contributed by atoms with van der Waals surface area (Å²) >= 11 is 0. The van der Waals surface area contributed by atoms with E-state index in [0.717, 1.165) is 40.6 Å². The summed E-state index contributed by atoms with van der Waals surface area (Å²) in [5.41, 5.74) is 10.7. The number of amides is 1. The van der Waals surface area contributed by atoms with Gasteiger partial charge in [-0.3, -0.25) is 9.59 Å². The number of ether oxygens (including phenoxy) is 2. The van der Waals surface area contributed by atoms with Gasteiger partial charge in [-0.15, -0.1) is 0 Å². The van der Waals surface area contributed by atoms with Gasteiger partial charge >= 0.3 is 0 Å². The van der Waals surface area contributed by atoms with Crippen molar-refractivity contribution >= 4 is 22.6 Å². The first-order valence-electron chi connectivity index (χ1n) is 13.4. The molecule has 7 heteroatoms. The third-order valence-corrected chi connectivity index (χ3v) is 7.00. The van der Waals surface area contributed by atoms with Crippen molar-refractivity contribution in [3.63, 3.8) is 0 Å². The molecule has 0 saturated heterocycles. The minimum Gasteiger partial charge on any atom is -0.496 e. The molecule has 1 amide bonds. The molecule has 0 bridgehead atoms. The van der Waals surface area contributed by atoms with Crippen LogP contribution in [0.3, 0.4) is 0 Å². The summed E-state index contributed by atoms with van der Waals surface area (Å²) in [6, 6.07) is 22.6. The lowest BCUT2D eigenvalue weighted by Gasteiger charge is -2.23. The van der Waals surface area contributed by atoms with Gasteiger partial charge in [0.1, 0.15) is 18.1 Å². The molecule has 4 rings (SSSR count). The number of nitrogens with two attached hydrogens (primary N) is 1. The van der Waals surface area contributed by atoms with E-state index in [1.807, 2.05) is 79.0 Å². The second kappa shape index (κ2) is 13.6. The lowest BCUT2D eigenvalue weighted by atomic mass is 9.90. The van der Waals surface area contributed by atoms with Gasteiger partial charge in [0.15, 0.2) is 5.78 Å². The first-order chi connectivity index (χ1) is 19.0. The van der Waals surface area contributed by atoms with Crippen molar-refractivity contribution in [2.75, 3.05) is 20.3 Å². The maximum absolute atomic E-state index is 13.5. The number of para-hydroxylation sites is 2. The smallest absolute Gasteiger partial charge is 0.220 e. The summed E-state index contributed by atoms with van der Waals surface area (Å²) in [4.78, 5) is 29.5. The summed E-state index contributed by atoms with van der Waals surface area (Å²) in [6.45, 7) is 2.12. The molecule has 2 atom stereocenters. The van der Waals surface area contributed by atoms with Crippen molar-refractivity contribution in [1.29, 1.82) is 0 Å². The van der Waals surface area contributed by atoms with Crippen LogP contribution in [0.1, 0.15) is 42.5 Å². The van der Waals surface area contributed by atoms with E-state index in [1.54, 1.807) is 7.11 Å². The Morgan fingerprint density at radius 1 is 0.974 bits per heavy atom. The fraction of sp³-hybridized carbons (Fsp3) is 0.312. The molecule has 1 heterocycles. The van der Waals surface area contributed by atoms with E-state index < -0.39 is 12.0 Å². The molecule has 1 aromatic heterocycles. The van der Waals surface area contributed by atoms with Crippen molar-refractivity contribution in [3.8, 4) is 11.5 Å². The van der Waals surface area contributed by atoms with Crippen LogP contribution in [-0.2, 0) is 22.4 Å². The summed E-state index contributed by atoms with van der Waals surface area (Å²) in [5.74, 6) is 0.384. The van der Waals surface area contributed by atoms with Gasteiger partial charge in [0, 0.05) is 36.1 Å². The monoisotopic (exact) mass is 527 g/mol. The van der Waals surface area contributed by atoms with Crippen molar-refractivity contribution in [2.24, 2.45) is 11.7 Å².